The van der Waals surface area contributed by atoms with Crippen LogP contribution in [0, 0.1) is 11.7 Å². The summed E-state index contributed by atoms with van der Waals surface area (Å²) in [5, 5.41) is 10.3. The van der Waals surface area contributed by atoms with Gasteiger partial charge in [-0.15, -0.1) is 11.3 Å². The third kappa shape index (κ3) is 2.32. The molecular weight excluding hydrogens is 288 g/mol. The molecule has 1 aromatic carbocycles. The van der Waals surface area contributed by atoms with Crippen LogP contribution in [0.2, 0.25) is 0 Å². The Morgan fingerprint density at radius 2 is 2.05 bits per heavy atom. The molecule has 1 N–H and O–H groups in total. The number of aromatic nitrogens is 4. The van der Waals surface area contributed by atoms with E-state index in [9.17, 15) is 0 Å². The minimum absolute atomic E-state index is 0.0650. The molecule has 4 nitrogen and oxygen atoms in total. The molecule has 2 aromatic heterocycles. The number of H-pyrrole nitrogens is 1. The van der Waals surface area contributed by atoms with Gasteiger partial charge in [-0.1, -0.05) is 30.3 Å². The van der Waals surface area contributed by atoms with Crippen molar-refractivity contribution < 1.29 is 0 Å². The highest BCUT2D eigenvalue weighted by Crippen LogP contribution is 2.27. The number of nitrogens with zero attached hydrogens (tertiary/aromatic N) is 3. The number of hydrogen-bond donors (Lipinski definition) is 1. The van der Waals surface area contributed by atoms with Gasteiger partial charge in [0.1, 0.15) is 5.01 Å². The number of nitrogens with one attached hydrogen (secondary N) is 1. The zero-order chi connectivity index (χ0) is 14.1. The van der Waals surface area contributed by atoms with Crippen LogP contribution in [-0.4, -0.2) is 19.7 Å². The summed E-state index contributed by atoms with van der Waals surface area (Å²) < 4.78 is 2.63. The smallest absolute Gasteiger partial charge is 0.196 e. The molecule has 20 heavy (non-hydrogen) atoms. The highest BCUT2D eigenvalue weighted by molar-refractivity contribution is 7.71. The van der Waals surface area contributed by atoms with E-state index >= 15 is 0 Å². The van der Waals surface area contributed by atoms with Gasteiger partial charge in [-0.2, -0.15) is 5.10 Å². The van der Waals surface area contributed by atoms with Gasteiger partial charge >= 0.3 is 0 Å². The molecule has 0 saturated heterocycles. The Hall–Kier alpha value is -1.79. The molecule has 2 heterocycles. The van der Waals surface area contributed by atoms with Crippen molar-refractivity contribution in [2.45, 2.75) is 19.9 Å². The van der Waals surface area contributed by atoms with Crippen LogP contribution >= 0.6 is 23.6 Å². The van der Waals surface area contributed by atoms with Crippen molar-refractivity contribution in [3.05, 3.63) is 51.2 Å². The van der Waals surface area contributed by atoms with E-state index in [1.807, 2.05) is 41.8 Å². The average Bonchev–Trinajstić information content (AvgIpc) is 3.05. The van der Waals surface area contributed by atoms with E-state index in [0.29, 0.717) is 4.77 Å². The van der Waals surface area contributed by atoms with Crippen LogP contribution in [-0.2, 0) is 0 Å². The molecular formula is C14H14N4S2. The number of benzene rings is 1. The molecule has 0 aliphatic heterocycles. The molecule has 0 radical (unpaired) electrons. The van der Waals surface area contributed by atoms with Gasteiger partial charge in [-0.05, 0) is 26.1 Å². The molecule has 3 aromatic rings. The van der Waals surface area contributed by atoms with Crippen molar-refractivity contribution in [2.75, 3.05) is 0 Å². The van der Waals surface area contributed by atoms with Crippen molar-refractivity contribution in [2.24, 2.45) is 0 Å². The fourth-order valence-electron chi connectivity index (χ4n) is 2.13. The average molecular weight is 302 g/mol. The number of rotatable bonds is 3. The summed E-state index contributed by atoms with van der Waals surface area (Å²) in [4.78, 5) is 4.55. The molecule has 0 saturated carbocycles. The van der Waals surface area contributed by atoms with E-state index in [1.165, 1.54) is 0 Å². The van der Waals surface area contributed by atoms with E-state index in [4.69, 9.17) is 12.2 Å². The second-order valence-corrected chi connectivity index (χ2v) is 5.87. The summed E-state index contributed by atoms with van der Waals surface area (Å²) in [5.41, 5.74) is 2.08. The Kier molecular flexibility index (Phi) is 3.50. The normalized spacial score (nSPS) is 12.5. The fraction of sp³-hybridized carbons (Fsp3) is 0.214. The third-order valence-corrected chi connectivity index (χ3v) is 4.54. The molecule has 1 atom stereocenters. The van der Waals surface area contributed by atoms with Crippen LogP contribution in [0.25, 0.3) is 11.4 Å². The Labute approximate surface area is 126 Å². The number of aryl methyl sites for hydroxylation is 1. The topological polar surface area (TPSA) is 46.5 Å². The lowest BCUT2D eigenvalue weighted by atomic mass is 10.2. The van der Waals surface area contributed by atoms with Crippen LogP contribution in [0.1, 0.15) is 23.7 Å². The second kappa shape index (κ2) is 5.30. The molecule has 6 heteroatoms. The number of aromatic amines is 1. The van der Waals surface area contributed by atoms with Crippen molar-refractivity contribution in [1.82, 2.24) is 19.7 Å². The van der Waals surface area contributed by atoms with Gasteiger partial charge in [0.2, 0.25) is 0 Å². The molecule has 0 fully saturated rings. The number of hydrogen-bond acceptors (Lipinski definition) is 4. The van der Waals surface area contributed by atoms with E-state index < -0.39 is 0 Å². The van der Waals surface area contributed by atoms with Crippen molar-refractivity contribution in [3.63, 3.8) is 0 Å². The summed E-state index contributed by atoms with van der Waals surface area (Å²) in [6, 6.07) is 10.1. The van der Waals surface area contributed by atoms with Gasteiger partial charge in [0.15, 0.2) is 10.6 Å². The first-order chi connectivity index (χ1) is 9.66. The Balaban J connectivity index is 2.10. The van der Waals surface area contributed by atoms with Crippen LogP contribution in [0.15, 0.2) is 35.7 Å². The standard InChI is InChI=1S/C14H14N4S2/c1-9-8-20-13(15-9)10(2)18-12(16-17-14(18)19)11-6-4-3-5-7-11/h3-8,10H,1-2H3,(H,17,19). The molecule has 0 aliphatic carbocycles. The first-order valence-electron chi connectivity index (χ1n) is 6.31. The van der Waals surface area contributed by atoms with Crippen LogP contribution in [0.4, 0.5) is 0 Å². The monoisotopic (exact) mass is 302 g/mol. The lowest BCUT2D eigenvalue weighted by molar-refractivity contribution is 0.629. The highest BCUT2D eigenvalue weighted by Gasteiger charge is 2.18. The van der Waals surface area contributed by atoms with Gasteiger partial charge in [-0.3, -0.25) is 9.67 Å². The Morgan fingerprint density at radius 1 is 1.30 bits per heavy atom. The SMILES string of the molecule is Cc1csc(C(C)n2c(-c3ccccc3)n[nH]c2=S)n1. The van der Waals surface area contributed by atoms with E-state index in [1.54, 1.807) is 11.3 Å². The van der Waals surface area contributed by atoms with Gasteiger partial charge in [-0.25, -0.2) is 4.98 Å². The summed E-state index contributed by atoms with van der Waals surface area (Å²) >= 11 is 7.03. The summed E-state index contributed by atoms with van der Waals surface area (Å²) in [5.74, 6) is 0.843. The predicted molar refractivity (Wildman–Crippen MR) is 83.5 cm³/mol. The quantitative estimate of drug-likeness (QED) is 0.744. The van der Waals surface area contributed by atoms with E-state index in [-0.39, 0.29) is 6.04 Å². The summed E-state index contributed by atoms with van der Waals surface area (Å²) in [7, 11) is 0. The lowest BCUT2D eigenvalue weighted by Gasteiger charge is -2.13. The van der Waals surface area contributed by atoms with Crippen LogP contribution < -0.4 is 0 Å². The predicted octanol–water partition coefficient (Wildman–Crippen LogP) is 3.98. The van der Waals surface area contributed by atoms with Crippen molar-refractivity contribution >= 4 is 23.6 Å². The largest absolute Gasteiger partial charge is 0.290 e. The Bertz CT molecular complexity index is 770. The van der Waals surface area contributed by atoms with Gasteiger partial charge in [0.05, 0.1) is 6.04 Å². The molecule has 3 rings (SSSR count). The zero-order valence-corrected chi connectivity index (χ0v) is 12.8. The lowest BCUT2D eigenvalue weighted by Crippen LogP contribution is -2.08. The molecule has 0 spiro atoms. The molecule has 0 amide bonds. The molecule has 102 valence electrons. The summed E-state index contributed by atoms with van der Waals surface area (Å²) in [6.07, 6.45) is 0. The van der Waals surface area contributed by atoms with E-state index in [0.717, 1.165) is 22.1 Å². The molecule has 0 bridgehead atoms. The van der Waals surface area contributed by atoms with E-state index in [2.05, 4.69) is 27.5 Å². The maximum absolute atomic E-state index is 5.38. The molecule has 0 aliphatic rings. The first-order valence-corrected chi connectivity index (χ1v) is 7.60. The first kappa shape index (κ1) is 13.2. The summed E-state index contributed by atoms with van der Waals surface area (Å²) in [6.45, 7) is 4.09. The van der Waals surface area contributed by atoms with Crippen LogP contribution in [0.3, 0.4) is 0 Å². The maximum atomic E-state index is 5.38. The van der Waals surface area contributed by atoms with Crippen LogP contribution in [0.5, 0.6) is 0 Å². The van der Waals surface area contributed by atoms with Crippen molar-refractivity contribution in [3.8, 4) is 11.4 Å². The zero-order valence-electron chi connectivity index (χ0n) is 11.2. The fourth-order valence-corrected chi connectivity index (χ4v) is 3.26. The van der Waals surface area contributed by atoms with Crippen molar-refractivity contribution in [1.29, 1.82) is 0 Å². The second-order valence-electron chi connectivity index (χ2n) is 4.59. The Morgan fingerprint density at radius 3 is 2.70 bits per heavy atom. The van der Waals surface area contributed by atoms with Gasteiger partial charge < -0.3 is 0 Å². The highest BCUT2D eigenvalue weighted by atomic mass is 32.1. The van der Waals surface area contributed by atoms with Gasteiger partial charge in [0.25, 0.3) is 0 Å². The minimum atomic E-state index is 0.0650. The maximum Gasteiger partial charge on any atom is 0.196 e. The third-order valence-electron chi connectivity index (χ3n) is 3.12. The van der Waals surface area contributed by atoms with Gasteiger partial charge in [0, 0.05) is 16.6 Å². The molecule has 1 unspecified atom stereocenters. The minimum Gasteiger partial charge on any atom is -0.290 e. The number of thiazole rings is 1.